The largest absolute Gasteiger partial charge is 0.369 e. The number of rotatable bonds is 6. The topological polar surface area (TPSA) is 39.7 Å². The van der Waals surface area contributed by atoms with E-state index in [0.717, 1.165) is 32.0 Å². The summed E-state index contributed by atoms with van der Waals surface area (Å²) in [6.07, 6.45) is 2.24. The third-order valence-corrected chi connectivity index (χ3v) is 5.28. The van der Waals surface area contributed by atoms with Crippen molar-refractivity contribution in [3.05, 3.63) is 54.2 Å². The Morgan fingerprint density at radius 1 is 1.15 bits per heavy atom. The highest BCUT2D eigenvalue weighted by atomic mass is 16.2. The molecule has 2 aromatic rings. The van der Waals surface area contributed by atoms with Gasteiger partial charge in [-0.1, -0.05) is 25.1 Å². The second kappa shape index (κ2) is 9.00. The molecule has 1 aromatic carbocycles. The van der Waals surface area contributed by atoms with Gasteiger partial charge in [-0.25, -0.2) is 4.98 Å². The molecule has 144 valence electrons. The Morgan fingerprint density at radius 3 is 2.56 bits per heavy atom. The van der Waals surface area contributed by atoms with Gasteiger partial charge in [-0.3, -0.25) is 14.6 Å². The Bertz CT molecular complexity index is 741. The molecule has 0 spiro atoms. The van der Waals surface area contributed by atoms with Crippen molar-refractivity contribution in [3.63, 3.8) is 0 Å². The maximum absolute atomic E-state index is 12.5. The number of carbonyl (C=O) groups is 1. The zero-order valence-corrected chi connectivity index (χ0v) is 16.6. The zero-order valence-electron chi connectivity index (χ0n) is 16.6. The van der Waals surface area contributed by atoms with Crippen molar-refractivity contribution >= 4 is 17.4 Å². The first kappa shape index (κ1) is 19.4. The van der Waals surface area contributed by atoms with Crippen LogP contribution >= 0.6 is 0 Å². The number of hydrogen-bond acceptors (Lipinski definition) is 4. The normalized spacial score (nSPS) is 16.2. The van der Waals surface area contributed by atoms with E-state index in [4.69, 9.17) is 0 Å². The lowest BCUT2D eigenvalue weighted by Gasteiger charge is -2.40. The quantitative estimate of drug-likeness (QED) is 0.786. The fraction of sp³-hybridized carbons (Fsp3) is 0.455. The number of hydrogen-bond donors (Lipinski definition) is 0. The van der Waals surface area contributed by atoms with Crippen molar-refractivity contribution in [1.82, 2.24) is 9.88 Å². The minimum Gasteiger partial charge on any atom is -0.369 e. The van der Waals surface area contributed by atoms with Gasteiger partial charge in [0, 0.05) is 57.1 Å². The van der Waals surface area contributed by atoms with Gasteiger partial charge in [0.2, 0.25) is 5.91 Å². The minimum atomic E-state index is 0.124. The molecule has 1 aliphatic heterocycles. The van der Waals surface area contributed by atoms with Crippen LogP contribution in [0.1, 0.15) is 25.8 Å². The van der Waals surface area contributed by atoms with E-state index >= 15 is 0 Å². The first-order valence-electron chi connectivity index (χ1n) is 9.85. The third-order valence-electron chi connectivity index (χ3n) is 5.28. The van der Waals surface area contributed by atoms with Gasteiger partial charge in [0.05, 0.1) is 0 Å². The van der Waals surface area contributed by atoms with Crippen LogP contribution in [0.4, 0.5) is 11.5 Å². The summed E-state index contributed by atoms with van der Waals surface area (Å²) in [6, 6.07) is 14.7. The molecule has 1 aromatic heterocycles. The number of nitrogens with zero attached hydrogens (tertiary/aromatic N) is 4. The fourth-order valence-electron chi connectivity index (χ4n) is 3.65. The molecule has 0 aliphatic carbocycles. The summed E-state index contributed by atoms with van der Waals surface area (Å²) < 4.78 is 0. The SMILES string of the molecule is CCC(=O)N(CC(C)N1CCN(c2cccc(C)c2)CC1)c1ccccn1. The van der Waals surface area contributed by atoms with Crippen molar-refractivity contribution in [2.75, 3.05) is 42.5 Å². The number of aromatic nitrogens is 1. The molecule has 0 saturated carbocycles. The van der Waals surface area contributed by atoms with Crippen molar-refractivity contribution < 1.29 is 4.79 Å². The summed E-state index contributed by atoms with van der Waals surface area (Å²) in [5.74, 6) is 0.869. The molecule has 5 heteroatoms. The second-order valence-electron chi connectivity index (χ2n) is 7.26. The van der Waals surface area contributed by atoms with Gasteiger partial charge < -0.3 is 4.90 Å². The molecule has 2 heterocycles. The molecule has 5 nitrogen and oxygen atoms in total. The average molecular weight is 367 g/mol. The van der Waals surface area contributed by atoms with E-state index < -0.39 is 0 Å². The Hall–Kier alpha value is -2.40. The number of anilines is 2. The predicted molar refractivity (Wildman–Crippen MR) is 111 cm³/mol. The van der Waals surface area contributed by atoms with E-state index in [2.05, 4.69) is 52.9 Å². The van der Waals surface area contributed by atoms with Gasteiger partial charge in [0.15, 0.2) is 0 Å². The molecule has 1 unspecified atom stereocenters. The molecule has 27 heavy (non-hydrogen) atoms. The summed E-state index contributed by atoms with van der Waals surface area (Å²) in [4.78, 5) is 23.6. The van der Waals surface area contributed by atoms with Gasteiger partial charge in [0.1, 0.15) is 5.82 Å². The summed E-state index contributed by atoms with van der Waals surface area (Å²) in [5.41, 5.74) is 2.60. The number of benzene rings is 1. The number of pyridine rings is 1. The monoisotopic (exact) mass is 366 g/mol. The average Bonchev–Trinajstić information content (AvgIpc) is 2.72. The summed E-state index contributed by atoms with van der Waals surface area (Å²) >= 11 is 0. The highest BCUT2D eigenvalue weighted by Gasteiger charge is 2.25. The second-order valence-corrected chi connectivity index (χ2v) is 7.26. The molecule has 3 rings (SSSR count). The molecule has 1 saturated heterocycles. The van der Waals surface area contributed by atoms with Gasteiger partial charge in [0.25, 0.3) is 0 Å². The van der Waals surface area contributed by atoms with E-state index in [0.29, 0.717) is 19.0 Å². The van der Waals surface area contributed by atoms with Gasteiger partial charge in [-0.05, 0) is 43.7 Å². The Kier molecular flexibility index (Phi) is 6.45. The first-order valence-corrected chi connectivity index (χ1v) is 9.85. The lowest BCUT2D eigenvalue weighted by Crippen LogP contribution is -2.53. The summed E-state index contributed by atoms with van der Waals surface area (Å²) in [7, 11) is 0. The van der Waals surface area contributed by atoms with Gasteiger partial charge in [-0.2, -0.15) is 0 Å². The van der Waals surface area contributed by atoms with Crippen LogP contribution in [0.15, 0.2) is 48.7 Å². The number of carbonyl (C=O) groups excluding carboxylic acids is 1. The van der Waals surface area contributed by atoms with Crippen molar-refractivity contribution in [3.8, 4) is 0 Å². The molecule has 0 bridgehead atoms. The molecule has 1 atom stereocenters. The maximum atomic E-state index is 12.5. The number of piperazine rings is 1. The third kappa shape index (κ3) is 4.86. The highest BCUT2D eigenvalue weighted by molar-refractivity contribution is 5.92. The van der Waals surface area contributed by atoms with Crippen molar-refractivity contribution in [2.24, 2.45) is 0 Å². The molecular formula is C22H30N4O. The van der Waals surface area contributed by atoms with E-state index in [1.165, 1.54) is 11.3 Å². The highest BCUT2D eigenvalue weighted by Crippen LogP contribution is 2.20. The minimum absolute atomic E-state index is 0.124. The van der Waals surface area contributed by atoms with Crippen LogP contribution in [0.25, 0.3) is 0 Å². The van der Waals surface area contributed by atoms with Crippen LogP contribution in [-0.2, 0) is 4.79 Å². The van der Waals surface area contributed by atoms with E-state index in [9.17, 15) is 4.79 Å². The van der Waals surface area contributed by atoms with Crippen LogP contribution in [0, 0.1) is 6.92 Å². The van der Waals surface area contributed by atoms with Crippen LogP contribution in [0.2, 0.25) is 0 Å². The zero-order chi connectivity index (χ0) is 19.2. The van der Waals surface area contributed by atoms with Crippen LogP contribution < -0.4 is 9.80 Å². The Morgan fingerprint density at radius 2 is 1.93 bits per heavy atom. The Balaban J connectivity index is 1.61. The van der Waals surface area contributed by atoms with Crippen LogP contribution in [0.5, 0.6) is 0 Å². The molecule has 1 aliphatic rings. The molecule has 0 radical (unpaired) electrons. The molecule has 1 amide bonds. The fourth-order valence-corrected chi connectivity index (χ4v) is 3.65. The standard InChI is InChI=1S/C22H30N4O/c1-4-22(27)26(21-10-5-6-11-23-21)17-19(3)24-12-14-25(15-13-24)20-9-7-8-18(2)16-20/h5-11,16,19H,4,12-15,17H2,1-3H3. The molecular weight excluding hydrogens is 336 g/mol. The van der Waals surface area contributed by atoms with Crippen LogP contribution in [0.3, 0.4) is 0 Å². The first-order chi connectivity index (χ1) is 13.1. The smallest absolute Gasteiger partial charge is 0.227 e. The lowest BCUT2D eigenvalue weighted by molar-refractivity contribution is -0.118. The Labute approximate surface area is 162 Å². The lowest BCUT2D eigenvalue weighted by atomic mass is 10.1. The number of amides is 1. The van der Waals surface area contributed by atoms with Gasteiger partial charge in [-0.15, -0.1) is 0 Å². The summed E-state index contributed by atoms with van der Waals surface area (Å²) in [5, 5.41) is 0. The maximum Gasteiger partial charge on any atom is 0.227 e. The molecule has 0 N–H and O–H groups in total. The molecule has 1 fully saturated rings. The van der Waals surface area contributed by atoms with Crippen LogP contribution in [-0.4, -0.2) is 54.6 Å². The van der Waals surface area contributed by atoms with E-state index in [-0.39, 0.29) is 5.91 Å². The van der Waals surface area contributed by atoms with Crippen molar-refractivity contribution in [1.29, 1.82) is 0 Å². The van der Waals surface area contributed by atoms with E-state index in [1.807, 2.05) is 30.0 Å². The number of aryl methyl sites for hydroxylation is 1. The summed E-state index contributed by atoms with van der Waals surface area (Å²) in [6.45, 7) is 11.0. The van der Waals surface area contributed by atoms with Gasteiger partial charge >= 0.3 is 0 Å². The predicted octanol–water partition coefficient (Wildman–Crippen LogP) is 3.34. The van der Waals surface area contributed by atoms with E-state index in [1.54, 1.807) is 6.20 Å². The van der Waals surface area contributed by atoms with Crippen molar-refractivity contribution in [2.45, 2.75) is 33.2 Å².